The van der Waals surface area contributed by atoms with E-state index in [0.717, 1.165) is 50.8 Å². The third-order valence-electron chi connectivity index (χ3n) is 6.25. The maximum atomic E-state index is 13.5. The van der Waals surface area contributed by atoms with E-state index < -0.39 is 0 Å². The molecular formula is C21H29FN2O2. The molecule has 0 aromatic heterocycles. The molecule has 3 unspecified atom stereocenters. The summed E-state index contributed by atoms with van der Waals surface area (Å²) in [5.41, 5.74) is 1.02. The summed E-state index contributed by atoms with van der Waals surface area (Å²) in [7, 11) is 0. The fourth-order valence-corrected chi connectivity index (χ4v) is 4.94. The van der Waals surface area contributed by atoms with Crippen molar-refractivity contribution in [3.05, 3.63) is 35.6 Å². The number of hydrogen-bond donors (Lipinski definition) is 0. The van der Waals surface area contributed by atoms with Gasteiger partial charge in [-0.05, 0) is 56.3 Å². The van der Waals surface area contributed by atoms with E-state index in [1.807, 2.05) is 6.07 Å². The van der Waals surface area contributed by atoms with Gasteiger partial charge in [0.05, 0.1) is 25.3 Å². The molecule has 5 heteroatoms. The molecule has 26 heavy (non-hydrogen) atoms. The standard InChI is InChI=1S/C21H29FN2O2/c22-17-6-3-5-16(13-17)14-18-7-4-10-23(18)15-21(25)24-11-12-26-20-9-2-1-8-19(20)24/h3,5-6,13,18-20H,1-2,4,7-12,14-15H2. The molecule has 1 aromatic carbocycles. The van der Waals surface area contributed by atoms with Crippen LogP contribution >= 0.6 is 0 Å². The van der Waals surface area contributed by atoms with Crippen LogP contribution in [0.2, 0.25) is 0 Å². The molecule has 0 spiro atoms. The topological polar surface area (TPSA) is 32.8 Å². The van der Waals surface area contributed by atoms with Crippen LogP contribution in [0.5, 0.6) is 0 Å². The molecule has 2 saturated heterocycles. The fraction of sp³-hybridized carbons (Fsp3) is 0.667. The first-order chi connectivity index (χ1) is 12.7. The second-order valence-electron chi connectivity index (χ2n) is 7.95. The van der Waals surface area contributed by atoms with Crippen molar-refractivity contribution in [2.45, 2.75) is 63.1 Å². The second kappa shape index (κ2) is 8.05. The van der Waals surface area contributed by atoms with Crippen molar-refractivity contribution in [2.24, 2.45) is 0 Å². The zero-order valence-corrected chi connectivity index (χ0v) is 15.4. The highest BCUT2D eigenvalue weighted by Crippen LogP contribution is 2.29. The quantitative estimate of drug-likeness (QED) is 0.828. The molecule has 4 nitrogen and oxygen atoms in total. The van der Waals surface area contributed by atoms with Gasteiger partial charge in [0.2, 0.25) is 5.91 Å². The predicted molar refractivity (Wildman–Crippen MR) is 98.4 cm³/mol. The van der Waals surface area contributed by atoms with Crippen LogP contribution in [-0.2, 0) is 16.0 Å². The van der Waals surface area contributed by atoms with Crippen LogP contribution in [-0.4, -0.2) is 60.1 Å². The average molecular weight is 360 g/mol. The minimum absolute atomic E-state index is 0.181. The average Bonchev–Trinajstić information content (AvgIpc) is 3.08. The number of likely N-dealkylation sites (tertiary alicyclic amines) is 1. The molecule has 2 heterocycles. The molecular weight excluding hydrogens is 331 g/mol. The smallest absolute Gasteiger partial charge is 0.237 e. The first kappa shape index (κ1) is 17.9. The molecule has 0 bridgehead atoms. The van der Waals surface area contributed by atoms with Gasteiger partial charge in [-0.2, -0.15) is 0 Å². The summed E-state index contributed by atoms with van der Waals surface area (Å²) in [4.78, 5) is 17.4. The molecule has 3 aliphatic rings. The van der Waals surface area contributed by atoms with Crippen LogP contribution < -0.4 is 0 Å². The first-order valence-electron chi connectivity index (χ1n) is 10.1. The number of morpholine rings is 1. The summed E-state index contributed by atoms with van der Waals surface area (Å²) in [6.07, 6.45) is 7.82. The van der Waals surface area contributed by atoms with Gasteiger partial charge in [0.25, 0.3) is 0 Å². The first-order valence-corrected chi connectivity index (χ1v) is 10.1. The van der Waals surface area contributed by atoms with Crippen molar-refractivity contribution in [1.29, 1.82) is 0 Å². The molecule has 1 aliphatic carbocycles. The number of carbonyl (C=O) groups excluding carboxylic acids is 1. The highest BCUT2D eigenvalue weighted by molar-refractivity contribution is 5.79. The van der Waals surface area contributed by atoms with Crippen molar-refractivity contribution in [3.63, 3.8) is 0 Å². The SMILES string of the molecule is O=C(CN1CCCC1Cc1cccc(F)c1)N1CCOC2CCCCC21. The Bertz CT molecular complexity index is 636. The van der Waals surface area contributed by atoms with Gasteiger partial charge in [0.15, 0.2) is 0 Å². The third-order valence-corrected chi connectivity index (χ3v) is 6.25. The van der Waals surface area contributed by atoms with E-state index in [2.05, 4.69) is 9.80 Å². The molecule has 3 atom stereocenters. The van der Waals surface area contributed by atoms with Crippen molar-refractivity contribution < 1.29 is 13.9 Å². The lowest BCUT2D eigenvalue weighted by Crippen LogP contribution is -2.57. The number of halogens is 1. The van der Waals surface area contributed by atoms with Crippen LogP contribution in [0.25, 0.3) is 0 Å². The Labute approximate surface area is 155 Å². The maximum absolute atomic E-state index is 13.5. The van der Waals surface area contributed by atoms with Crippen LogP contribution in [0.1, 0.15) is 44.1 Å². The van der Waals surface area contributed by atoms with Gasteiger partial charge in [-0.25, -0.2) is 4.39 Å². The number of rotatable bonds is 4. The number of fused-ring (bicyclic) bond motifs is 1. The number of ether oxygens (including phenoxy) is 1. The van der Waals surface area contributed by atoms with Crippen molar-refractivity contribution in [3.8, 4) is 0 Å². The molecule has 142 valence electrons. The highest BCUT2D eigenvalue weighted by Gasteiger charge is 2.37. The lowest BCUT2D eigenvalue weighted by Gasteiger charge is -2.44. The van der Waals surface area contributed by atoms with Crippen LogP contribution in [0, 0.1) is 5.82 Å². The van der Waals surface area contributed by atoms with E-state index in [1.54, 1.807) is 12.1 Å². The van der Waals surface area contributed by atoms with Gasteiger partial charge in [0.1, 0.15) is 5.82 Å². The second-order valence-corrected chi connectivity index (χ2v) is 7.95. The van der Waals surface area contributed by atoms with E-state index in [0.29, 0.717) is 19.2 Å². The number of hydrogen-bond acceptors (Lipinski definition) is 3. The predicted octanol–water partition coefficient (Wildman–Crippen LogP) is 3.00. The Morgan fingerprint density at radius 1 is 1.15 bits per heavy atom. The number of benzene rings is 1. The molecule has 2 aliphatic heterocycles. The molecule has 1 amide bonds. The van der Waals surface area contributed by atoms with Crippen molar-refractivity contribution >= 4 is 5.91 Å². The Kier molecular flexibility index (Phi) is 5.55. The Balaban J connectivity index is 1.38. The summed E-state index contributed by atoms with van der Waals surface area (Å²) in [6.45, 7) is 2.84. The summed E-state index contributed by atoms with van der Waals surface area (Å²) in [5, 5.41) is 0. The lowest BCUT2D eigenvalue weighted by atomic mass is 9.90. The van der Waals surface area contributed by atoms with Crippen molar-refractivity contribution in [2.75, 3.05) is 26.2 Å². The zero-order chi connectivity index (χ0) is 17.9. The molecule has 1 saturated carbocycles. The summed E-state index contributed by atoms with van der Waals surface area (Å²) in [5.74, 6) is 0.0659. The Morgan fingerprint density at radius 2 is 2.04 bits per heavy atom. The van der Waals surface area contributed by atoms with Gasteiger partial charge >= 0.3 is 0 Å². The minimum Gasteiger partial charge on any atom is -0.374 e. The van der Waals surface area contributed by atoms with E-state index in [9.17, 15) is 9.18 Å². The summed E-state index contributed by atoms with van der Waals surface area (Å²) in [6, 6.07) is 7.46. The lowest BCUT2D eigenvalue weighted by molar-refractivity contribution is -0.150. The number of amides is 1. The Hall–Kier alpha value is -1.46. The molecule has 3 fully saturated rings. The molecule has 4 rings (SSSR count). The monoisotopic (exact) mass is 360 g/mol. The number of nitrogens with zero attached hydrogens (tertiary/aromatic N) is 2. The number of carbonyl (C=O) groups is 1. The van der Waals surface area contributed by atoms with Gasteiger partial charge in [0, 0.05) is 12.6 Å². The van der Waals surface area contributed by atoms with Crippen molar-refractivity contribution in [1.82, 2.24) is 9.80 Å². The molecule has 1 aromatic rings. The Morgan fingerprint density at radius 3 is 2.92 bits per heavy atom. The molecule has 0 radical (unpaired) electrons. The van der Waals surface area contributed by atoms with Gasteiger partial charge in [-0.3, -0.25) is 9.69 Å². The molecule has 0 N–H and O–H groups in total. The van der Waals surface area contributed by atoms with E-state index >= 15 is 0 Å². The maximum Gasteiger partial charge on any atom is 0.237 e. The fourth-order valence-electron chi connectivity index (χ4n) is 4.94. The highest BCUT2D eigenvalue weighted by atomic mass is 19.1. The zero-order valence-electron chi connectivity index (χ0n) is 15.4. The van der Waals surface area contributed by atoms with Crippen LogP contribution in [0.15, 0.2) is 24.3 Å². The van der Waals surface area contributed by atoms with Crippen LogP contribution in [0.4, 0.5) is 4.39 Å². The van der Waals surface area contributed by atoms with E-state index in [1.165, 1.54) is 18.9 Å². The van der Waals surface area contributed by atoms with E-state index in [-0.39, 0.29) is 23.9 Å². The normalized spacial score (nSPS) is 29.6. The summed E-state index contributed by atoms with van der Waals surface area (Å²) < 4.78 is 19.4. The largest absolute Gasteiger partial charge is 0.374 e. The summed E-state index contributed by atoms with van der Waals surface area (Å²) >= 11 is 0. The van der Waals surface area contributed by atoms with Gasteiger partial charge in [-0.1, -0.05) is 25.0 Å². The van der Waals surface area contributed by atoms with Gasteiger partial charge in [-0.15, -0.1) is 0 Å². The minimum atomic E-state index is -0.181. The third kappa shape index (κ3) is 3.94. The van der Waals surface area contributed by atoms with Crippen LogP contribution in [0.3, 0.4) is 0 Å². The van der Waals surface area contributed by atoms with Gasteiger partial charge < -0.3 is 9.64 Å². The van der Waals surface area contributed by atoms with E-state index in [4.69, 9.17) is 4.74 Å².